The van der Waals surface area contributed by atoms with Crippen molar-refractivity contribution in [1.29, 1.82) is 0 Å². The fraction of sp³-hybridized carbons (Fsp3) is 0.286. The third-order valence-electron chi connectivity index (χ3n) is 3.89. The van der Waals surface area contributed by atoms with E-state index in [0.717, 1.165) is 5.56 Å². The minimum atomic E-state index is -1.05. The van der Waals surface area contributed by atoms with Gasteiger partial charge in [0.2, 0.25) is 0 Å². The van der Waals surface area contributed by atoms with Gasteiger partial charge in [-0.2, -0.15) is 5.10 Å². The highest BCUT2D eigenvalue weighted by molar-refractivity contribution is 6.07. The third kappa shape index (κ3) is 1.97. The summed E-state index contributed by atoms with van der Waals surface area (Å²) in [6, 6.07) is 8.81. The van der Waals surface area contributed by atoms with Gasteiger partial charge in [0, 0.05) is 7.05 Å². The molecule has 2 aromatic rings. The lowest BCUT2D eigenvalue weighted by molar-refractivity contribution is -0.126. The van der Waals surface area contributed by atoms with Gasteiger partial charge in [-0.25, -0.2) is 9.78 Å². The van der Waals surface area contributed by atoms with E-state index in [1.165, 1.54) is 11.2 Å². The van der Waals surface area contributed by atoms with Crippen molar-refractivity contribution in [1.82, 2.24) is 25.0 Å². The van der Waals surface area contributed by atoms with Crippen LogP contribution in [0.25, 0.3) is 0 Å². The number of urea groups is 1. The highest BCUT2D eigenvalue weighted by Crippen LogP contribution is 2.33. The van der Waals surface area contributed by atoms with Crippen molar-refractivity contribution in [3.63, 3.8) is 0 Å². The summed E-state index contributed by atoms with van der Waals surface area (Å²) in [6.07, 6.45) is 1.42. The Morgan fingerprint density at radius 2 is 1.95 bits per heavy atom. The average Bonchev–Trinajstić information content (AvgIpc) is 2.98. The lowest BCUT2D eigenvalue weighted by Crippen LogP contribution is -2.44. The Kier molecular flexibility index (Phi) is 2.97. The van der Waals surface area contributed by atoms with Gasteiger partial charge in [0.1, 0.15) is 17.7 Å². The van der Waals surface area contributed by atoms with Gasteiger partial charge in [-0.3, -0.25) is 19.7 Å². The minimum absolute atomic E-state index is 0.208. The van der Waals surface area contributed by atoms with Gasteiger partial charge in [0.05, 0.1) is 6.54 Å². The number of benzene rings is 1. The molecular weight excluding hydrogens is 270 g/mol. The van der Waals surface area contributed by atoms with Crippen molar-refractivity contribution in [2.24, 2.45) is 7.05 Å². The molecule has 0 radical (unpaired) electrons. The first-order valence-electron chi connectivity index (χ1n) is 6.55. The monoisotopic (exact) mass is 285 g/mol. The maximum Gasteiger partial charge on any atom is 0.325 e. The predicted octanol–water partition coefficient (Wildman–Crippen LogP) is 0.782. The molecule has 21 heavy (non-hydrogen) atoms. The fourth-order valence-electron chi connectivity index (χ4n) is 2.50. The number of hydrogen-bond donors (Lipinski definition) is 1. The largest absolute Gasteiger partial charge is 0.325 e. The third-order valence-corrected chi connectivity index (χ3v) is 3.89. The van der Waals surface area contributed by atoms with Gasteiger partial charge < -0.3 is 0 Å². The zero-order chi connectivity index (χ0) is 15.0. The van der Waals surface area contributed by atoms with Gasteiger partial charge in [-0.1, -0.05) is 30.3 Å². The van der Waals surface area contributed by atoms with E-state index in [1.807, 2.05) is 30.3 Å². The van der Waals surface area contributed by atoms with Crippen LogP contribution in [0.5, 0.6) is 0 Å². The van der Waals surface area contributed by atoms with Crippen LogP contribution in [0.1, 0.15) is 18.3 Å². The van der Waals surface area contributed by atoms with Crippen LogP contribution in [0, 0.1) is 0 Å². The summed E-state index contributed by atoms with van der Waals surface area (Å²) in [7, 11) is 1.75. The number of aromatic nitrogens is 3. The quantitative estimate of drug-likeness (QED) is 0.845. The Hall–Kier alpha value is -2.70. The normalized spacial score (nSPS) is 21.7. The van der Waals surface area contributed by atoms with Crippen LogP contribution in [0.3, 0.4) is 0 Å². The van der Waals surface area contributed by atoms with Crippen LogP contribution in [0.15, 0.2) is 36.7 Å². The molecule has 0 spiro atoms. The van der Waals surface area contributed by atoms with Gasteiger partial charge in [0.15, 0.2) is 0 Å². The molecule has 2 heterocycles. The number of amides is 3. The van der Waals surface area contributed by atoms with E-state index >= 15 is 0 Å². The number of aryl methyl sites for hydroxylation is 1. The van der Waals surface area contributed by atoms with Crippen molar-refractivity contribution in [2.75, 3.05) is 0 Å². The highest BCUT2D eigenvalue weighted by atomic mass is 16.2. The zero-order valence-electron chi connectivity index (χ0n) is 11.8. The van der Waals surface area contributed by atoms with Crippen molar-refractivity contribution in [3.05, 3.63) is 48.0 Å². The van der Waals surface area contributed by atoms with Crippen molar-refractivity contribution < 1.29 is 9.59 Å². The van der Waals surface area contributed by atoms with E-state index in [1.54, 1.807) is 18.7 Å². The number of nitrogens with one attached hydrogen (secondary N) is 1. The molecule has 1 aromatic carbocycles. The lowest BCUT2D eigenvalue weighted by atomic mass is 9.90. The Morgan fingerprint density at radius 1 is 1.24 bits per heavy atom. The van der Waals surface area contributed by atoms with E-state index in [9.17, 15) is 9.59 Å². The molecule has 1 aromatic heterocycles. The van der Waals surface area contributed by atoms with E-state index in [-0.39, 0.29) is 12.5 Å². The summed E-state index contributed by atoms with van der Waals surface area (Å²) in [5.41, 5.74) is -0.292. The number of hydrogen-bond acceptors (Lipinski definition) is 4. The van der Waals surface area contributed by atoms with Gasteiger partial charge in [0.25, 0.3) is 5.91 Å². The lowest BCUT2D eigenvalue weighted by Gasteiger charge is -2.31. The van der Waals surface area contributed by atoms with Crippen LogP contribution in [0.4, 0.5) is 4.79 Å². The number of carbonyl (C=O) groups is 2. The summed E-state index contributed by atoms with van der Waals surface area (Å²) in [5.74, 6) is 0.280. The highest BCUT2D eigenvalue weighted by Gasteiger charge is 2.50. The second kappa shape index (κ2) is 4.69. The molecule has 1 aliphatic heterocycles. The van der Waals surface area contributed by atoms with E-state index in [4.69, 9.17) is 0 Å². The van der Waals surface area contributed by atoms with Crippen molar-refractivity contribution in [3.8, 4) is 0 Å². The molecule has 1 aliphatic rings. The minimum Gasteiger partial charge on any atom is -0.298 e. The number of carbonyl (C=O) groups excluding carboxylic acids is 2. The Bertz CT molecular complexity index is 696. The first kappa shape index (κ1) is 13.3. The first-order chi connectivity index (χ1) is 10.0. The predicted molar refractivity (Wildman–Crippen MR) is 73.9 cm³/mol. The molecule has 1 unspecified atom stereocenters. The second-order valence-electron chi connectivity index (χ2n) is 5.08. The average molecular weight is 285 g/mol. The molecule has 1 fully saturated rings. The standard InChI is InChI=1S/C14H15N5O2/c1-14(10-6-4-3-5-7-10)12(20)17-13(21)19(14)8-11-15-9-16-18(11)2/h3-7,9H,8H2,1-2H3,(H,17,20,21). The molecule has 108 valence electrons. The van der Waals surface area contributed by atoms with Crippen LogP contribution in [0.2, 0.25) is 0 Å². The van der Waals surface area contributed by atoms with Crippen molar-refractivity contribution >= 4 is 11.9 Å². The summed E-state index contributed by atoms with van der Waals surface area (Å²) >= 11 is 0. The molecule has 7 nitrogen and oxygen atoms in total. The number of imide groups is 1. The number of rotatable bonds is 3. The van der Waals surface area contributed by atoms with Gasteiger partial charge in [-0.05, 0) is 12.5 Å². The summed E-state index contributed by atoms with van der Waals surface area (Å²) in [4.78, 5) is 30.1. The summed E-state index contributed by atoms with van der Waals surface area (Å²) in [6.45, 7) is 1.94. The molecular formula is C14H15N5O2. The molecule has 0 saturated carbocycles. The molecule has 7 heteroatoms. The molecule has 3 rings (SSSR count). The molecule has 0 bridgehead atoms. The van der Waals surface area contributed by atoms with Crippen LogP contribution in [-0.4, -0.2) is 31.6 Å². The van der Waals surface area contributed by atoms with E-state index in [2.05, 4.69) is 15.4 Å². The van der Waals surface area contributed by atoms with Crippen LogP contribution >= 0.6 is 0 Å². The Labute approximate surface area is 121 Å². The fourth-order valence-corrected chi connectivity index (χ4v) is 2.50. The Balaban J connectivity index is 2.02. The SMILES string of the molecule is Cn1ncnc1CN1C(=O)NC(=O)C1(C)c1ccccc1. The first-order valence-corrected chi connectivity index (χ1v) is 6.55. The maximum absolute atomic E-state index is 12.3. The molecule has 1 N–H and O–H groups in total. The van der Waals surface area contributed by atoms with E-state index in [0.29, 0.717) is 5.82 Å². The second-order valence-corrected chi connectivity index (χ2v) is 5.08. The molecule has 0 aliphatic carbocycles. The maximum atomic E-state index is 12.3. The van der Waals surface area contributed by atoms with Crippen LogP contribution < -0.4 is 5.32 Å². The van der Waals surface area contributed by atoms with E-state index < -0.39 is 11.6 Å². The number of nitrogens with zero attached hydrogens (tertiary/aromatic N) is 4. The molecule has 3 amide bonds. The summed E-state index contributed by atoms with van der Waals surface area (Å²) < 4.78 is 1.58. The van der Waals surface area contributed by atoms with Crippen molar-refractivity contribution in [2.45, 2.75) is 19.0 Å². The Morgan fingerprint density at radius 3 is 2.57 bits per heavy atom. The smallest absolute Gasteiger partial charge is 0.298 e. The van der Waals surface area contributed by atoms with Crippen LogP contribution in [-0.2, 0) is 23.9 Å². The topological polar surface area (TPSA) is 80.1 Å². The molecule has 1 atom stereocenters. The zero-order valence-corrected chi connectivity index (χ0v) is 11.8. The summed E-state index contributed by atoms with van der Waals surface area (Å²) in [5, 5.41) is 6.36. The molecule has 1 saturated heterocycles. The van der Waals surface area contributed by atoms with Gasteiger partial charge >= 0.3 is 6.03 Å². The van der Waals surface area contributed by atoms with Gasteiger partial charge in [-0.15, -0.1) is 0 Å².